The Labute approximate surface area is 148 Å². The van der Waals surface area contributed by atoms with Gasteiger partial charge in [-0.2, -0.15) is 0 Å². The van der Waals surface area contributed by atoms with Crippen molar-refractivity contribution in [3.63, 3.8) is 0 Å². The number of aromatic hydroxyl groups is 1. The average molecular weight is 332 g/mol. The highest BCUT2D eigenvalue weighted by Crippen LogP contribution is 2.13. The molecule has 25 heavy (non-hydrogen) atoms. The first-order valence-electron chi connectivity index (χ1n) is 8.00. The molecule has 1 N–H and O–H groups in total. The Balaban J connectivity index is 1.77. The van der Waals surface area contributed by atoms with Crippen LogP contribution in [0.2, 0.25) is 0 Å². The van der Waals surface area contributed by atoms with Crippen LogP contribution in [-0.4, -0.2) is 17.5 Å². The number of hydrogen-bond donors (Lipinski definition) is 1. The average Bonchev–Trinajstić information content (AvgIpc) is 2.64. The van der Waals surface area contributed by atoms with Gasteiger partial charge in [0.25, 0.3) is 0 Å². The number of hydrogen-bond acceptors (Lipinski definition) is 3. The number of carbonyl (C=O) groups is 1. The lowest BCUT2D eigenvalue weighted by Gasteiger charge is -2.01. The second-order valence-corrected chi connectivity index (χ2v) is 5.41. The molecule has 3 nitrogen and oxygen atoms in total. The highest BCUT2D eigenvalue weighted by Gasteiger charge is 1.95. The maximum atomic E-state index is 11.8. The zero-order chi connectivity index (χ0) is 17.9. The van der Waals surface area contributed by atoms with E-state index >= 15 is 0 Å². The first-order chi connectivity index (χ1) is 12.2. The van der Waals surface area contributed by atoms with Crippen molar-refractivity contribution >= 4 is 11.9 Å². The van der Waals surface area contributed by atoms with E-state index in [9.17, 15) is 9.90 Å². The van der Waals surface area contributed by atoms with E-state index in [-0.39, 0.29) is 18.1 Å². The van der Waals surface area contributed by atoms with Gasteiger partial charge in [-0.15, -0.1) is 6.42 Å². The van der Waals surface area contributed by atoms with E-state index in [4.69, 9.17) is 11.2 Å². The van der Waals surface area contributed by atoms with Crippen molar-refractivity contribution in [2.45, 2.75) is 12.8 Å². The Morgan fingerprint density at radius 3 is 2.48 bits per heavy atom. The topological polar surface area (TPSA) is 46.5 Å². The number of ether oxygens (including phenoxy) is 1. The second-order valence-electron chi connectivity index (χ2n) is 5.41. The van der Waals surface area contributed by atoms with Crippen molar-refractivity contribution in [2.75, 3.05) is 6.61 Å². The van der Waals surface area contributed by atoms with Crippen molar-refractivity contribution in [3.05, 3.63) is 77.9 Å². The lowest BCUT2D eigenvalue weighted by molar-refractivity contribution is -0.110. The summed E-state index contributed by atoms with van der Waals surface area (Å²) < 4.78 is 5.29. The smallest absolute Gasteiger partial charge is 0.178 e. The molecule has 3 heteroatoms. The zero-order valence-corrected chi connectivity index (χ0v) is 13.9. The van der Waals surface area contributed by atoms with Gasteiger partial charge in [0.05, 0.1) is 0 Å². The van der Waals surface area contributed by atoms with Crippen LogP contribution in [0, 0.1) is 12.3 Å². The number of allylic oxidation sites excluding steroid dienone is 3. The molecule has 0 heterocycles. The molecule has 126 valence electrons. The minimum atomic E-state index is -0.0571. The summed E-state index contributed by atoms with van der Waals surface area (Å²) in [6, 6.07) is 14.4. The van der Waals surface area contributed by atoms with Gasteiger partial charge >= 0.3 is 0 Å². The Hall–Kier alpha value is -3.25. The van der Waals surface area contributed by atoms with Gasteiger partial charge in [0, 0.05) is 0 Å². The molecule has 0 saturated carbocycles. The molecule has 0 amide bonds. The van der Waals surface area contributed by atoms with Crippen molar-refractivity contribution < 1.29 is 14.6 Å². The standard InChI is InChI=1S/C22H20O3/c1-2-17-25-22-15-10-19(11-16-22)9-12-20(23)6-4-3-5-18-7-13-21(24)14-8-18/h1,4,6-16,24H,3,5,17H2. The molecule has 0 atom stereocenters. The summed E-state index contributed by atoms with van der Waals surface area (Å²) in [4.78, 5) is 11.8. The van der Waals surface area contributed by atoms with Crippen molar-refractivity contribution in [1.29, 1.82) is 0 Å². The summed E-state index contributed by atoms with van der Waals surface area (Å²) in [6.45, 7) is 0.239. The van der Waals surface area contributed by atoms with Crippen LogP contribution in [0.4, 0.5) is 0 Å². The van der Waals surface area contributed by atoms with Crippen LogP contribution in [0.25, 0.3) is 6.08 Å². The molecule has 0 bridgehead atoms. The number of phenolic OH excluding ortho intramolecular Hbond substituents is 1. The number of rotatable bonds is 8. The van der Waals surface area contributed by atoms with Gasteiger partial charge in [-0.1, -0.05) is 42.3 Å². The largest absolute Gasteiger partial charge is 0.508 e. The van der Waals surface area contributed by atoms with E-state index in [0.717, 1.165) is 24.0 Å². The van der Waals surface area contributed by atoms with Crippen LogP contribution in [0.3, 0.4) is 0 Å². The number of aryl methyl sites for hydroxylation is 1. The maximum absolute atomic E-state index is 11.8. The number of phenols is 1. The molecule has 0 spiro atoms. The van der Waals surface area contributed by atoms with E-state index in [2.05, 4.69) is 5.92 Å². The third kappa shape index (κ3) is 6.80. The SMILES string of the molecule is C#CCOc1ccc(C=CC(=O)C=CCCc2ccc(O)cc2)cc1. The molecule has 2 aromatic carbocycles. The van der Waals surface area contributed by atoms with Crippen LogP contribution in [0.1, 0.15) is 17.5 Å². The normalized spacial score (nSPS) is 10.8. The van der Waals surface area contributed by atoms with Crippen molar-refractivity contribution in [3.8, 4) is 23.8 Å². The first-order valence-corrected chi connectivity index (χ1v) is 8.00. The Kier molecular flexibility index (Phi) is 7.09. The molecule has 0 saturated heterocycles. The number of benzene rings is 2. The molecular formula is C22H20O3. The van der Waals surface area contributed by atoms with Gasteiger partial charge in [0.2, 0.25) is 0 Å². The van der Waals surface area contributed by atoms with E-state index in [1.54, 1.807) is 24.3 Å². The van der Waals surface area contributed by atoms with E-state index in [1.165, 1.54) is 6.08 Å². The van der Waals surface area contributed by atoms with Crippen molar-refractivity contribution in [2.24, 2.45) is 0 Å². The molecule has 0 aliphatic carbocycles. The third-order valence-corrected chi connectivity index (χ3v) is 3.46. The predicted octanol–water partition coefficient (Wildman–Crippen LogP) is 4.18. The van der Waals surface area contributed by atoms with Crippen molar-refractivity contribution in [1.82, 2.24) is 0 Å². The third-order valence-electron chi connectivity index (χ3n) is 3.46. The predicted molar refractivity (Wildman–Crippen MR) is 100 cm³/mol. The fraction of sp³-hybridized carbons (Fsp3) is 0.136. The summed E-state index contributed by atoms with van der Waals surface area (Å²) in [7, 11) is 0. The molecule has 0 fully saturated rings. The second kappa shape index (κ2) is 9.79. The Bertz CT molecular complexity index is 776. The van der Waals surface area contributed by atoms with E-state index in [1.807, 2.05) is 42.5 Å². The van der Waals surface area contributed by atoms with Gasteiger partial charge < -0.3 is 9.84 Å². The van der Waals surface area contributed by atoms with Crippen LogP contribution < -0.4 is 4.74 Å². The van der Waals surface area contributed by atoms with Gasteiger partial charge in [0.15, 0.2) is 5.78 Å². The monoisotopic (exact) mass is 332 g/mol. The van der Waals surface area contributed by atoms with Crippen LogP contribution in [-0.2, 0) is 11.2 Å². The fourth-order valence-corrected chi connectivity index (χ4v) is 2.15. The fourth-order valence-electron chi connectivity index (χ4n) is 2.15. The Morgan fingerprint density at radius 1 is 1.08 bits per heavy atom. The number of ketones is 1. The van der Waals surface area contributed by atoms with Gasteiger partial charge in [-0.25, -0.2) is 0 Å². The number of carbonyl (C=O) groups excluding carboxylic acids is 1. The van der Waals surface area contributed by atoms with Crippen LogP contribution in [0.15, 0.2) is 66.8 Å². The van der Waals surface area contributed by atoms with Crippen LogP contribution >= 0.6 is 0 Å². The maximum Gasteiger partial charge on any atom is 0.178 e. The van der Waals surface area contributed by atoms with Gasteiger partial charge in [-0.05, 0) is 60.4 Å². The van der Waals surface area contributed by atoms with Crippen LogP contribution in [0.5, 0.6) is 11.5 Å². The van der Waals surface area contributed by atoms with Gasteiger partial charge in [0.1, 0.15) is 18.1 Å². The summed E-state index contributed by atoms with van der Waals surface area (Å²) in [5, 5.41) is 9.23. The van der Waals surface area contributed by atoms with Gasteiger partial charge in [-0.3, -0.25) is 4.79 Å². The highest BCUT2D eigenvalue weighted by molar-refractivity contribution is 6.01. The quantitative estimate of drug-likeness (QED) is 0.583. The molecule has 0 aliphatic rings. The minimum absolute atomic E-state index is 0.0571. The first kappa shape index (κ1) is 18.1. The molecule has 2 aromatic rings. The summed E-state index contributed by atoms with van der Waals surface area (Å²) in [5.41, 5.74) is 2.04. The summed E-state index contributed by atoms with van der Waals surface area (Å²) >= 11 is 0. The highest BCUT2D eigenvalue weighted by atomic mass is 16.5. The molecule has 0 unspecified atom stereocenters. The lowest BCUT2D eigenvalue weighted by atomic mass is 10.1. The molecule has 0 aromatic heterocycles. The summed E-state index contributed by atoms with van der Waals surface area (Å²) in [6.07, 6.45) is 13.5. The molecular weight excluding hydrogens is 312 g/mol. The van der Waals surface area contributed by atoms with E-state index in [0.29, 0.717) is 5.75 Å². The van der Waals surface area contributed by atoms with E-state index < -0.39 is 0 Å². The lowest BCUT2D eigenvalue weighted by Crippen LogP contribution is -1.92. The molecule has 0 aliphatic heterocycles. The Morgan fingerprint density at radius 2 is 1.80 bits per heavy atom. The molecule has 0 radical (unpaired) electrons. The minimum Gasteiger partial charge on any atom is -0.508 e. The number of terminal acetylenes is 1. The summed E-state index contributed by atoms with van der Waals surface area (Å²) in [5.74, 6) is 3.32. The zero-order valence-electron chi connectivity index (χ0n) is 13.9. The molecule has 2 rings (SSSR count).